The smallest absolute Gasteiger partial charge is 0.343 e. The monoisotopic (exact) mass is 216 g/mol. The van der Waals surface area contributed by atoms with Gasteiger partial charge in [-0.3, -0.25) is 0 Å². The molecule has 0 saturated heterocycles. The maximum absolute atomic E-state index is 11.7. The average Bonchev–Trinajstić information content (AvgIpc) is 2.71. The maximum atomic E-state index is 11.7. The van der Waals surface area contributed by atoms with Crippen LogP contribution in [0.1, 0.15) is 16.7 Å². The van der Waals surface area contributed by atoms with Gasteiger partial charge in [0.1, 0.15) is 11.3 Å². The Kier molecular flexibility index (Phi) is 1.84. The first-order valence-corrected chi connectivity index (χ1v) is 5.36. The van der Waals surface area contributed by atoms with Crippen LogP contribution in [0.2, 0.25) is 0 Å². The van der Waals surface area contributed by atoms with Crippen molar-refractivity contribution < 1.29 is 9.15 Å². The molecule has 0 amide bonds. The highest BCUT2D eigenvalue weighted by atomic mass is 16.5. The van der Waals surface area contributed by atoms with Crippen molar-refractivity contribution >= 4 is 11.0 Å². The summed E-state index contributed by atoms with van der Waals surface area (Å²) in [6, 6.07) is 3.92. The molecule has 2 aromatic rings. The van der Waals surface area contributed by atoms with Crippen LogP contribution < -0.4 is 10.4 Å². The van der Waals surface area contributed by atoms with Crippen molar-refractivity contribution in [1.82, 2.24) is 0 Å². The topological polar surface area (TPSA) is 39.4 Å². The molecule has 0 aliphatic carbocycles. The number of hydrogen-bond acceptors (Lipinski definition) is 3. The maximum Gasteiger partial charge on any atom is 0.343 e. The average molecular weight is 216 g/mol. The highest BCUT2D eigenvalue weighted by Crippen LogP contribution is 2.32. The molecule has 0 unspecified atom stereocenters. The van der Waals surface area contributed by atoms with Crippen molar-refractivity contribution in [3.8, 4) is 5.75 Å². The summed E-state index contributed by atoms with van der Waals surface area (Å²) in [5.41, 5.74) is 3.33. The summed E-state index contributed by atoms with van der Waals surface area (Å²) in [4.78, 5) is 11.7. The molecule has 0 radical (unpaired) electrons. The van der Waals surface area contributed by atoms with E-state index in [2.05, 4.69) is 0 Å². The van der Waals surface area contributed by atoms with Crippen LogP contribution >= 0.6 is 0 Å². The Morgan fingerprint density at radius 1 is 1.19 bits per heavy atom. The molecule has 1 aromatic carbocycles. The first-order chi connectivity index (χ1) is 7.66. The quantitative estimate of drug-likeness (QED) is 0.634. The summed E-state index contributed by atoms with van der Waals surface area (Å²) in [6.45, 7) is 4.62. The molecule has 0 spiro atoms. The third-order valence-electron chi connectivity index (χ3n) is 3.16. The zero-order valence-corrected chi connectivity index (χ0v) is 9.29. The molecule has 1 aliphatic rings. The molecular weight excluding hydrogens is 204 g/mol. The molecule has 0 N–H and O–H groups in total. The molecule has 1 aliphatic heterocycles. The van der Waals surface area contributed by atoms with Gasteiger partial charge in [-0.1, -0.05) is 0 Å². The molecule has 0 fully saturated rings. The summed E-state index contributed by atoms with van der Waals surface area (Å²) in [7, 11) is 0. The third-order valence-corrected chi connectivity index (χ3v) is 3.16. The molecular formula is C13H12O3. The molecule has 1 aromatic heterocycles. The lowest BCUT2D eigenvalue weighted by molar-refractivity contribution is 0.360. The van der Waals surface area contributed by atoms with E-state index in [9.17, 15) is 4.79 Å². The van der Waals surface area contributed by atoms with E-state index in [0.717, 1.165) is 10.9 Å². The van der Waals surface area contributed by atoms with E-state index in [1.165, 1.54) is 5.56 Å². The number of aryl methyl sites for hydroxylation is 2. The lowest BCUT2D eigenvalue weighted by atomic mass is 10.1. The second kappa shape index (κ2) is 3.11. The largest absolute Gasteiger partial charge is 0.492 e. The molecule has 3 rings (SSSR count). The summed E-state index contributed by atoms with van der Waals surface area (Å²) in [5, 5.41) is 0.912. The van der Waals surface area contributed by atoms with Crippen LogP contribution in [0, 0.1) is 13.8 Å². The van der Waals surface area contributed by atoms with Crippen molar-refractivity contribution in [2.45, 2.75) is 20.3 Å². The van der Waals surface area contributed by atoms with Gasteiger partial charge in [0.15, 0.2) is 0 Å². The summed E-state index contributed by atoms with van der Waals surface area (Å²) >= 11 is 0. The standard InChI is InChI=1S/C13H12O3/c1-7-5-10-11(6-8(7)2)16-13(14)9-3-4-15-12(9)10/h5-6H,3-4H2,1-2H3. The molecule has 3 nitrogen and oxygen atoms in total. The van der Waals surface area contributed by atoms with E-state index >= 15 is 0 Å². The van der Waals surface area contributed by atoms with Gasteiger partial charge in [-0.15, -0.1) is 0 Å². The molecule has 16 heavy (non-hydrogen) atoms. The van der Waals surface area contributed by atoms with Crippen LogP contribution in [0.3, 0.4) is 0 Å². The Bertz CT molecular complexity index is 638. The van der Waals surface area contributed by atoms with Crippen molar-refractivity contribution in [2.24, 2.45) is 0 Å². The predicted molar refractivity (Wildman–Crippen MR) is 61.2 cm³/mol. The lowest BCUT2D eigenvalue weighted by Crippen LogP contribution is -2.04. The Balaban J connectivity index is 2.48. The van der Waals surface area contributed by atoms with Crippen LogP contribution in [-0.2, 0) is 6.42 Å². The molecule has 2 heterocycles. The zero-order chi connectivity index (χ0) is 11.3. The number of ether oxygens (including phenoxy) is 1. The Labute approximate surface area is 92.6 Å². The minimum Gasteiger partial charge on any atom is -0.492 e. The minimum atomic E-state index is -0.261. The fourth-order valence-electron chi connectivity index (χ4n) is 2.10. The van der Waals surface area contributed by atoms with Crippen molar-refractivity contribution in [3.63, 3.8) is 0 Å². The van der Waals surface area contributed by atoms with Crippen LogP contribution in [0.15, 0.2) is 21.3 Å². The normalized spacial score (nSPS) is 13.9. The second-order valence-corrected chi connectivity index (χ2v) is 4.23. The van der Waals surface area contributed by atoms with Crippen molar-refractivity contribution in [2.75, 3.05) is 6.61 Å². The predicted octanol–water partition coefficient (Wildman–Crippen LogP) is 2.34. The van der Waals surface area contributed by atoms with Crippen molar-refractivity contribution in [3.05, 3.63) is 39.2 Å². The molecule has 3 heteroatoms. The highest BCUT2D eigenvalue weighted by Gasteiger charge is 2.21. The zero-order valence-electron chi connectivity index (χ0n) is 9.29. The summed E-state index contributed by atoms with van der Waals surface area (Å²) < 4.78 is 10.8. The third kappa shape index (κ3) is 1.18. The van der Waals surface area contributed by atoms with Gasteiger partial charge in [0, 0.05) is 6.42 Å². The van der Waals surface area contributed by atoms with E-state index in [0.29, 0.717) is 29.9 Å². The number of fused-ring (bicyclic) bond motifs is 3. The van der Waals surface area contributed by atoms with Gasteiger partial charge in [-0.2, -0.15) is 0 Å². The minimum absolute atomic E-state index is 0.261. The van der Waals surface area contributed by atoms with Gasteiger partial charge in [0.05, 0.1) is 17.6 Å². The Hall–Kier alpha value is -1.77. The van der Waals surface area contributed by atoms with E-state index in [1.54, 1.807) is 0 Å². The number of hydrogen-bond donors (Lipinski definition) is 0. The van der Waals surface area contributed by atoms with Gasteiger partial charge < -0.3 is 9.15 Å². The van der Waals surface area contributed by atoms with E-state index in [4.69, 9.17) is 9.15 Å². The van der Waals surface area contributed by atoms with E-state index in [1.807, 2.05) is 26.0 Å². The van der Waals surface area contributed by atoms with E-state index in [-0.39, 0.29) is 5.63 Å². The summed E-state index contributed by atoms with van der Waals surface area (Å²) in [6.07, 6.45) is 0.653. The Morgan fingerprint density at radius 3 is 2.75 bits per heavy atom. The van der Waals surface area contributed by atoms with Crippen molar-refractivity contribution in [1.29, 1.82) is 0 Å². The van der Waals surface area contributed by atoms with Crippen LogP contribution in [-0.4, -0.2) is 6.61 Å². The molecule has 0 saturated carbocycles. The SMILES string of the molecule is Cc1cc2oc(=O)c3c(c2cc1C)OCC3. The lowest BCUT2D eigenvalue weighted by Gasteiger charge is -2.06. The highest BCUT2D eigenvalue weighted by molar-refractivity contribution is 5.86. The van der Waals surface area contributed by atoms with E-state index < -0.39 is 0 Å². The van der Waals surface area contributed by atoms with Crippen LogP contribution in [0.4, 0.5) is 0 Å². The fraction of sp³-hybridized carbons (Fsp3) is 0.308. The fourth-order valence-corrected chi connectivity index (χ4v) is 2.10. The first-order valence-electron chi connectivity index (χ1n) is 5.36. The molecule has 82 valence electrons. The van der Waals surface area contributed by atoms with Gasteiger partial charge in [0.25, 0.3) is 0 Å². The van der Waals surface area contributed by atoms with Gasteiger partial charge in [-0.05, 0) is 37.1 Å². The van der Waals surface area contributed by atoms with Crippen LogP contribution in [0.5, 0.6) is 5.75 Å². The van der Waals surface area contributed by atoms with Gasteiger partial charge in [0.2, 0.25) is 0 Å². The second-order valence-electron chi connectivity index (χ2n) is 4.23. The molecule has 0 bridgehead atoms. The van der Waals surface area contributed by atoms with Gasteiger partial charge >= 0.3 is 5.63 Å². The van der Waals surface area contributed by atoms with Crippen LogP contribution in [0.25, 0.3) is 11.0 Å². The number of benzene rings is 1. The van der Waals surface area contributed by atoms with Gasteiger partial charge in [-0.25, -0.2) is 4.79 Å². The molecule has 0 atom stereocenters. The number of rotatable bonds is 0. The first kappa shape index (κ1) is 9.46. The Morgan fingerprint density at radius 2 is 1.94 bits per heavy atom. The summed E-state index contributed by atoms with van der Waals surface area (Å²) in [5.74, 6) is 0.717.